The van der Waals surface area contributed by atoms with Crippen LogP contribution in [0.1, 0.15) is 0 Å². The van der Waals surface area contributed by atoms with Gasteiger partial charge in [0, 0.05) is 6.07 Å². The molecule has 3 aromatic carbocycles. The number of hydrogen-bond donors (Lipinski definition) is 0. The van der Waals surface area contributed by atoms with Gasteiger partial charge in [-0.05, 0) is 52.3 Å². The number of nitro benzene ring substituents is 1. The smallest absolute Gasteiger partial charge is 0.258 e. The molecule has 3 rings (SSSR count). The van der Waals surface area contributed by atoms with Crippen molar-refractivity contribution in [3.05, 3.63) is 93.4 Å². The molecule has 3 aromatic rings. The molecule has 0 amide bonds. The molecule has 0 radical (unpaired) electrons. The lowest BCUT2D eigenvalue weighted by Gasteiger charge is -2.24. The molecule has 0 spiro atoms. The Morgan fingerprint density at radius 3 is 1.59 bits per heavy atom. The van der Waals surface area contributed by atoms with Gasteiger partial charge < -0.3 is 0 Å². The van der Waals surface area contributed by atoms with E-state index in [0.29, 0.717) is 0 Å². The third kappa shape index (κ3) is 4.02. The lowest BCUT2D eigenvalue weighted by atomic mass is 10.3. The van der Waals surface area contributed by atoms with E-state index in [1.54, 1.807) is 12.1 Å². The molecule has 0 fully saturated rings. The van der Waals surface area contributed by atoms with Crippen LogP contribution >= 0.6 is 15.9 Å². The highest BCUT2D eigenvalue weighted by Gasteiger charge is 2.37. The Balaban J connectivity index is 2.29. The van der Waals surface area contributed by atoms with Crippen molar-refractivity contribution in [2.75, 3.05) is 3.71 Å². The molecule has 150 valence electrons. The highest BCUT2D eigenvalue weighted by atomic mass is 79.9. The van der Waals surface area contributed by atoms with Gasteiger partial charge in [0.05, 0.1) is 24.9 Å². The topological polar surface area (TPSA) is 115 Å². The van der Waals surface area contributed by atoms with Crippen molar-refractivity contribution >= 4 is 47.4 Å². The van der Waals surface area contributed by atoms with Crippen LogP contribution < -0.4 is 3.71 Å². The second-order valence-electron chi connectivity index (χ2n) is 5.73. The van der Waals surface area contributed by atoms with Gasteiger partial charge in [-0.25, -0.2) is 16.8 Å². The molecule has 0 saturated carbocycles. The maximum Gasteiger partial charge on any atom is 0.283 e. The van der Waals surface area contributed by atoms with E-state index in [-0.39, 0.29) is 29.3 Å². The van der Waals surface area contributed by atoms with Gasteiger partial charge in [-0.15, -0.1) is 0 Å². The summed E-state index contributed by atoms with van der Waals surface area (Å²) in [4.78, 5) is 9.91. The van der Waals surface area contributed by atoms with Crippen molar-refractivity contribution in [1.82, 2.24) is 0 Å². The largest absolute Gasteiger partial charge is 0.283 e. The first-order valence-corrected chi connectivity index (χ1v) is 11.7. The molecule has 0 aliphatic rings. The molecule has 0 aromatic heterocycles. The zero-order chi connectivity index (χ0) is 21.2. The number of benzene rings is 3. The molecular weight excluding hydrogens is 484 g/mol. The van der Waals surface area contributed by atoms with E-state index >= 15 is 0 Å². The minimum Gasteiger partial charge on any atom is -0.258 e. The summed E-state index contributed by atoms with van der Waals surface area (Å²) in [5.41, 5.74) is -0.599. The zero-order valence-corrected chi connectivity index (χ0v) is 17.8. The van der Waals surface area contributed by atoms with E-state index in [2.05, 4.69) is 15.9 Å². The summed E-state index contributed by atoms with van der Waals surface area (Å²) < 4.78 is 53.3. The minimum absolute atomic E-state index is 0.0588. The molecule has 0 saturated heterocycles. The number of nitrogens with zero attached hydrogens (tertiary/aromatic N) is 2. The van der Waals surface area contributed by atoms with Gasteiger partial charge in [-0.3, -0.25) is 10.1 Å². The van der Waals surface area contributed by atoms with Gasteiger partial charge in [-0.2, -0.15) is 3.71 Å². The van der Waals surface area contributed by atoms with Crippen LogP contribution in [0.3, 0.4) is 0 Å². The molecule has 0 unspecified atom stereocenters. The molecule has 0 heterocycles. The van der Waals surface area contributed by atoms with Crippen LogP contribution in [0.5, 0.6) is 0 Å². The fourth-order valence-electron chi connectivity index (χ4n) is 2.54. The summed E-state index contributed by atoms with van der Waals surface area (Å²) in [5.74, 6) is 0. The summed E-state index contributed by atoms with van der Waals surface area (Å²) in [6.45, 7) is 0. The van der Waals surface area contributed by atoms with Crippen LogP contribution in [0.25, 0.3) is 0 Å². The van der Waals surface area contributed by atoms with Gasteiger partial charge in [0.25, 0.3) is 25.7 Å². The molecule has 0 aliphatic carbocycles. The fraction of sp³-hybridized carbons (Fsp3) is 0. The van der Waals surface area contributed by atoms with Crippen molar-refractivity contribution in [2.24, 2.45) is 0 Å². The first-order chi connectivity index (χ1) is 13.7. The number of nitro groups is 1. The third-order valence-corrected chi connectivity index (χ3v) is 8.70. The predicted molar refractivity (Wildman–Crippen MR) is 111 cm³/mol. The lowest BCUT2D eigenvalue weighted by Crippen LogP contribution is -2.37. The van der Waals surface area contributed by atoms with E-state index in [1.807, 2.05) is 0 Å². The van der Waals surface area contributed by atoms with Crippen LogP contribution in [0.4, 0.5) is 11.4 Å². The zero-order valence-electron chi connectivity index (χ0n) is 14.5. The molecule has 0 N–H and O–H groups in total. The molecule has 11 heteroatoms. The molecule has 29 heavy (non-hydrogen) atoms. The standard InChI is InChI=1S/C18H13BrN2O6S2/c19-17-13-14(11-12-18(17)20(22)23)21(28(24,25)15-7-3-1-4-8-15)29(26,27)16-9-5-2-6-10-16/h1-13H. The Morgan fingerprint density at radius 2 is 1.21 bits per heavy atom. The number of sulfonamides is 2. The van der Waals surface area contributed by atoms with Crippen LogP contribution in [0.2, 0.25) is 0 Å². The van der Waals surface area contributed by atoms with E-state index in [1.165, 1.54) is 48.5 Å². The minimum atomic E-state index is -4.56. The Morgan fingerprint density at radius 1 is 0.759 bits per heavy atom. The van der Waals surface area contributed by atoms with Crippen molar-refractivity contribution < 1.29 is 21.8 Å². The molecule has 0 bridgehead atoms. The molecule has 0 atom stereocenters. The second-order valence-corrected chi connectivity index (χ2v) is 10.4. The van der Waals surface area contributed by atoms with E-state index in [4.69, 9.17) is 0 Å². The summed E-state index contributed by atoms with van der Waals surface area (Å²) >= 11 is 3.00. The number of rotatable bonds is 6. The van der Waals surface area contributed by atoms with E-state index < -0.39 is 25.0 Å². The monoisotopic (exact) mass is 496 g/mol. The van der Waals surface area contributed by atoms with Crippen molar-refractivity contribution in [2.45, 2.75) is 9.79 Å². The number of halogens is 1. The van der Waals surface area contributed by atoms with Crippen LogP contribution in [-0.4, -0.2) is 21.8 Å². The van der Waals surface area contributed by atoms with Gasteiger partial charge in [0.2, 0.25) is 0 Å². The van der Waals surface area contributed by atoms with Crippen LogP contribution in [0.15, 0.2) is 93.1 Å². The second kappa shape index (κ2) is 7.93. The van der Waals surface area contributed by atoms with Gasteiger partial charge in [0.15, 0.2) is 0 Å². The van der Waals surface area contributed by atoms with Crippen LogP contribution in [-0.2, 0) is 20.0 Å². The van der Waals surface area contributed by atoms with Crippen molar-refractivity contribution in [3.8, 4) is 0 Å². The third-order valence-electron chi connectivity index (χ3n) is 3.86. The molecule has 0 aliphatic heterocycles. The number of hydrogen-bond acceptors (Lipinski definition) is 6. The molecular formula is C18H13BrN2O6S2. The van der Waals surface area contributed by atoms with Gasteiger partial charge >= 0.3 is 0 Å². The Bertz CT molecular complexity index is 1190. The first kappa shape index (κ1) is 21.0. The first-order valence-electron chi connectivity index (χ1n) is 8.00. The summed E-state index contributed by atoms with van der Waals surface area (Å²) in [6.07, 6.45) is 0. The predicted octanol–water partition coefficient (Wildman–Crippen LogP) is 3.94. The van der Waals surface area contributed by atoms with Crippen LogP contribution in [0, 0.1) is 10.1 Å². The van der Waals surface area contributed by atoms with E-state index in [9.17, 15) is 26.9 Å². The normalized spacial score (nSPS) is 11.8. The van der Waals surface area contributed by atoms with Gasteiger partial charge in [0.1, 0.15) is 0 Å². The summed E-state index contributed by atoms with van der Waals surface area (Å²) in [5, 5.41) is 11.1. The Labute approximate surface area is 175 Å². The maximum atomic E-state index is 13.3. The highest BCUT2D eigenvalue weighted by molar-refractivity contribution is 9.10. The Hall–Kier alpha value is -2.76. The summed E-state index contributed by atoms with van der Waals surface area (Å²) in [6, 6.07) is 17.3. The average Bonchev–Trinajstić information content (AvgIpc) is 2.69. The maximum absolute atomic E-state index is 13.3. The van der Waals surface area contributed by atoms with E-state index in [0.717, 1.165) is 18.2 Å². The SMILES string of the molecule is O=[N+]([O-])c1ccc(N(S(=O)(=O)c2ccccc2)S(=O)(=O)c2ccccc2)cc1Br. The Kier molecular flexibility index (Phi) is 5.73. The van der Waals surface area contributed by atoms with Gasteiger partial charge in [-0.1, -0.05) is 36.4 Å². The fourth-order valence-corrected chi connectivity index (χ4v) is 6.77. The number of anilines is 1. The quantitative estimate of drug-likeness (QED) is 0.377. The molecule has 8 nitrogen and oxygen atoms in total. The summed E-state index contributed by atoms with van der Waals surface area (Å²) in [7, 11) is -9.11. The average molecular weight is 497 g/mol. The highest BCUT2D eigenvalue weighted by Crippen LogP contribution is 2.35. The van der Waals surface area contributed by atoms with Crippen molar-refractivity contribution in [1.29, 1.82) is 0 Å². The van der Waals surface area contributed by atoms with Crippen molar-refractivity contribution in [3.63, 3.8) is 0 Å². The lowest BCUT2D eigenvalue weighted by molar-refractivity contribution is -0.385.